The second kappa shape index (κ2) is 11.4. The van der Waals surface area contributed by atoms with Gasteiger partial charge >= 0.3 is 0 Å². The van der Waals surface area contributed by atoms with E-state index in [1.54, 1.807) is 0 Å². The van der Waals surface area contributed by atoms with Gasteiger partial charge in [-0.05, 0) is 43.4 Å². The Labute approximate surface area is 240 Å². The van der Waals surface area contributed by atoms with Gasteiger partial charge in [0, 0.05) is 50.0 Å². The molecule has 1 aliphatic carbocycles. The van der Waals surface area contributed by atoms with Crippen LogP contribution in [0.2, 0.25) is 0 Å². The third-order valence-corrected chi connectivity index (χ3v) is 7.03. The normalized spacial score (nSPS) is 19.6. The van der Waals surface area contributed by atoms with Crippen LogP contribution in [-0.2, 0) is 24.9 Å². The van der Waals surface area contributed by atoms with Crippen LogP contribution in [0.25, 0.3) is 33.3 Å². The third-order valence-electron chi connectivity index (χ3n) is 7.03. The van der Waals surface area contributed by atoms with Gasteiger partial charge in [-0.25, -0.2) is 8.78 Å². The molecule has 0 amide bonds. The molecule has 205 valence electrons. The minimum atomic E-state index is -2.54. The first-order valence-corrected chi connectivity index (χ1v) is 12.7. The molecule has 0 bridgehead atoms. The van der Waals surface area contributed by atoms with E-state index < -0.39 is 5.92 Å². The van der Waals surface area contributed by atoms with Gasteiger partial charge in [0.2, 0.25) is 5.92 Å². The van der Waals surface area contributed by atoms with Crippen molar-refractivity contribution < 1.29 is 43.2 Å². The number of nitrogens with zero attached hydrogens (tertiary/aromatic N) is 1. The Morgan fingerprint density at radius 3 is 2.59 bits per heavy atom. The number of hydrogen-bond donors (Lipinski definition) is 1. The van der Waals surface area contributed by atoms with E-state index in [1.807, 2.05) is 49.5 Å². The predicted molar refractivity (Wildman–Crippen MR) is 147 cm³/mol. The number of para-hydroxylation sites is 1. The summed E-state index contributed by atoms with van der Waals surface area (Å²) >= 11 is 0. The first-order chi connectivity index (χ1) is 18.1. The number of aliphatic hydroxyl groups is 1. The molecular weight excluding hydrogens is 677 g/mol. The van der Waals surface area contributed by atoms with E-state index in [-0.39, 0.29) is 56.4 Å². The van der Waals surface area contributed by atoms with Gasteiger partial charge in [-0.2, -0.15) is 23.9 Å². The van der Waals surface area contributed by atoms with Crippen molar-refractivity contribution in [1.29, 1.82) is 0 Å². The molecule has 39 heavy (non-hydrogen) atoms. The summed E-state index contributed by atoms with van der Waals surface area (Å²) in [6.45, 7) is 4.88. The Bertz CT molecular complexity index is 1580. The third kappa shape index (κ3) is 6.15. The number of alkyl halides is 2. The summed E-state index contributed by atoms with van der Waals surface area (Å²) in [7, 11) is 0. The van der Waals surface area contributed by atoms with Gasteiger partial charge in [0.05, 0.1) is 5.76 Å². The van der Waals surface area contributed by atoms with Crippen LogP contribution in [0.5, 0.6) is 0 Å². The van der Waals surface area contributed by atoms with Crippen LogP contribution in [0.3, 0.4) is 0 Å². The quantitative estimate of drug-likeness (QED) is 0.131. The van der Waals surface area contributed by atoms with Gasteiger partial charge in [0.15, 0.2) is 5.78 Å². The molecule has 1 aromatic heterocycles. The number of fused-ring (bicyclic) bond motifs is 4. The summed E-state index contributed by atoms with van der Waals surface area (Å²) in [6.07, 6.45) is 5.40. The molecule has 0 saturated heterocycles. The van der Waals surface area contributed by atoms with Crippen molar-refractivity contribution in [2.45, 2.75) is 57.9 Å². The first kappa shape index (κ1) is 28.7. The molecule has 2 aliphatic rings. The zero-order valence-electron chi connectivity index (χ0n) is 21.9. The molecule has 2 heterocycles. The average Bonchev–Trinajstić information content (AvgIpc) is 3.42. The zero-order chi connectivity index (χ0) is 27.0. The van der Waals surface area contributed by atoms with Gasteiger partial charge < -0.3 is 14.8 Å². The van der Waals surface area contributed by atoms with Gasteiger partial charge in [-0.3, -0.25) is 4.79 Å². The summed E-state index contributed by atoms with van der Waals surface area (Å²) in [5, 5.41) is 15.3. The van der Waals surface area contributed by atoms with Crippen LogP contribution in [0, 0.1) is 13.0 Å². The van der Waals surface area contributed by atoms with E-state index in [4.69, 9.17) is 14.8 Å². The van der Waals surface area contributed by atoms with Gasteiger partial charge in [-0.1, -0.05) is 66.4 Å². The summed E-state index contributed by atoms with van der Waals surface area (Å²) in [5.74, 6) is -2.69. The van der Waals surface area contributed by atoms with Gasteiger partial charge in [-0.15, -0.1) is 5.56 Å². The van der Waals surface area contributed by atoms with Crippen molar-refractivity contribution in [3.8, 4) is 0 Å². The van der Waals surface area contributed by atoms with E-state index in [0.717, 1.165) is 49.8 Å². The number of carbonyl (C=O) groups excluding carboxylic acids is 1. The van der Waals surface area contributed by atoms with Crippen LogP contribution in [-0.4, -0.2) is 16.8 Å². The molecule has 4 aromatic rings. The number of rotatable bonds is 3. The number of aryl methyl sites for hydroxylation is 1. The smallest absolute Gasteiger partial charge is 0.248 e. The number of aliphatic hydroxyl groups excluding tert-OH is 1. The molecule has 2 atom stereocenters. The Kier molecular flexibility index (Phi) is 8.43. The number of ketones is 1. The topological polar surface area (TPSA) is 64.5 Å². The van der Waals surface area contributed by atoms with Crippen molar-refractivity contribution in [3.05, 3.63) is 106 Å². The maximum absolute atomic E-state index is 13.7. The van der Waals surface area contributed by atoms with Crippen LogP contribution >= 0.6 is 0 Å². The van der Waals surface area contributed by atoms with E-state index >= 15 is 0 Å². The molecule has 6 rings (SSSR count). The number of halogens is 2. The first-order valence-electron chi connectivity index (χ1n) is 12.7. The second-order valence-electron chi connectivity index (χ2n) is 10.2. The van der Waals surface area contributed by atoms with Crippen molar-refractivity contribution in [2.75, 3.05) is 0 Å². The molecular formula is C32H29F2IrNO3-2. The molecule has 1 N–H and O–H groups in total. The average molecular weight is 706 g/mol. The SMILES string of the molecule is CC(=O)/C=C(/C)O.Cc1[c-]c(C2[N-]C=Cc3cc(C4CCC(F)(F)C4)ccc32)c2oc3ccccc3c2c1.[Ir]. The number of furan rings is 1. The Morgan fingerprint density at radius 2 is 1.92 bits per heavy atom. The predicted octanol–water partition coefficient (Wildman–Crippen LogP) is 9.08. The number of carbonyl (C=O) groups is 1. The Hall–Kier alpha value is -3.28. The van der Waals surface area contributed by atoms with E-state index in [1.165, 1.54) is 19.9 Å². The number of benzene rings is 3. The Balaban J connectivity index is 0.000000394. The molecule has 1 radical (unpaired) electrons. The molecule has 3 aromatic carbocycles. The largest absolute Gasteiger partial charge is 0.682 e. The maximum atomic E-state index is 13.7. The fourth-order valence-electron chi connectivity index (χ4n) is 5.41. The molecule has 7 heteroatoms. The van der Waals surface area contributed by atoms with Crippen molar-refractivity contribution in [2.24, 2.45) is 0 Å². The van der Waals surface area contributed by atoms with E-state index in [0.29, 0.717) is 6.42 Å². The molecule has 2 unspecified atom stereocenters. The van der Waals surface area contributed by atoms with Crippen molar-refractivity contribution in [3.63, 3.8) is 0 Å². The van der Waals surface area contributed by atoms with Crippen molar-refractivity contribution >= 4 is 33.8 Å². The molecule has 1 saturated carbocycles. The van der Waals surface area contributed by atoms with Crippen LogP contribution in [0.15, 0.2) is 71.0 Å². The standard InChI is InChI=1S/C27H21F2NO.C5H8O2.Ir/c1-16-12-22-21-4-2-3-5-24(21)31-26(22)23(13-16)25-20-7-6-17(14-18(20)9-11-30-25)19-8-10-27(28,29)15-19;1-4(6)3-5(2)7;/h2-7,9,11-12,14,19,25H,8,10,15H2,1H3;3,6H,1-2H3;/q-2;;/b;4-3-;. The van der Waals surface area contributed by atoms with Gasteiger partial charge in [0.1, 0.15) is 5.58 Å². The van der Waals surface area contributed by atoms with Crippen LogP contribution in [0.4, 0.5) is 8.78 Å². The van der Waals surface area contributed by atoms with E-state index in [9.17, 15) is 13.6 Å². The minimum absolute atomic E-state index is 0. The van der Waals surface area contributed by atoms with Gasteiger partial charge in [0.25, 0.3) is 0 Å². The number of hydrogen-bond acceptors (Lipinski definition) is 3. The molecule has 4 nitrogen and oxygen atoms in total. The zero-order valence-corrected chi connectivity index (χ0v) is 24.3. The summed E-state index contributed by atoms with van der Waals surface area (Å²) in [5.41, 5.74) is 6.68. The van der Waals surface area contributed by atoms with E-state index in [2.05, 4.69) is 24.3 Å². The maximum Gasteiger partial charge on any atom is 0.248 e. The summed E-state index contributed by atoms with van der Waals surface area (Å²) < 4.78 is 33.7. The second-order valence-corrected chi connectivity index (χ2v) is 10.2. The molecule has 0 spiro atoms. The van der Waals surface area contributed by atoms with Crippen LogP contribution in [0.1, 0.15) is 72.9 Å². The summed E-state index contributed by atoms with van der Waals surface area (Å²) in [6, 6.07) is 19.5. The fourth-order valence-corrected chi connectivity index (χ4v) is 5.41. The van der Waals surface area contributed by atoms with Crippen molar-refractivity contribution in [1.82, 2.24) is 0 Å². The Morgan fingerprint density at radius 1 is 1.15 bits per heavy atom. The summed E-state index contributed by atoms with van der Waals surface area (Å²) in [4.78, 5) is 10.0. The monoisotopic (exact) mass is 706 g/mol. The minimum Gasteiger partial charge on any atom is -0.682 e. The number of allylic oxidation sites excluding steroid dienone is 2. The van der Waals surface area contributed by atoms with Crippen LogP contribution < -0.4 is 0 Å². The fraction of sp³-hybridized carbons (Fsp3) is 0.281. The molecule has 1 aliphatic heterocycles. The molecule has 1 fully saturated rings.